The Morgan fingerprint density at radius 3 is 1.84 bits per heavy atom. The van der Waals surface area contributed by atoms with Crippen LogP contribution in [0.2, 0.25) is 0 Å². The van der Waals surface area contributed by atoms with Gasteiger partial charge in [-0.3, -0.25) is 4.79 Å². The fourth-order valence-electron chi connectivity index (χ4n) is 1.89. The highest BCUT2D eigenvalue weighted by molar-refractivity contribution is 7.83. The van der Waals surface area contributed by atoms with Crippen molar-refractivity contribution in [3.63, 3.8) is 0 Å². The lowest BCUT2D eigenvalue weighted by Gasteiger charge is -1.99. The number of nitrogens with one attached hydrogen (secondary N) is 2. The van der Waals surface area contributed by atoms with Crippen molar-refractivity contribution in [2.24, 2.45) is 0 Å². The van der Waals surface area contributed by atoms with Gasteiger partial charge in [0.05, 0.1) is 24.2 Å². The molecule has 0 amide bonds. The van der Waals surface area contributed by atoms with Crippen molar-refractivity contribution in [1.82, 2.24) is 25.3 Å². The van der Waals surface area contributed by atoms with Crippen molar-refractivity contribution in [3.05, 3.63) is 27.8 Å². The quantitative estimate of drug-likeness (QED) is 0.257. The normalized spacial score (nSPS) is 9.32. The molecule has 0 saturated carbocycles. The molecule has 0 saturated heterocycles. The summed E-state index contributed by atoms with van der Waals surface area (Å²) >= 11 is 2.93. The molecule has 3 heterocycles. The van der Waals surface area contributed by atoms with E-state index in [4.69, 9.17) is 9.47 Å². The van der Waals surface area contributed by atoms with E-state index >= 15 is 0 Å². The number of aromatic nitrogens is 4. The summed E-state index contributed by atoms with van der Waals surface area (Å²) in [6.07, 6.45) is 0.815. The zero-order chi connectivity index (χ0) is 30.4. The third-order valence-electron chi connectivity index (χ3n) is 3.17. The minimum atomic E-state index is -0.829. The summed E-state index contributed by atoms with van der Waals surface area (Å²) in [6, 6.07) is 3.71. The van der Waals surface area contributed by atoms with Crippen LogP contribution in [0.3, 0.4) is 0 Å². The summed E-state index contributed by atoms with van der Waals surface area (Å²) < 4.78 is 23.7. The van der Waals surface area contributed by atoms with Crippen molar-refractivity contribution in [2.75, 3.05) is 20.3 Å². The van der Waals surface area contributed by atoms with Gasteiger partial charge in [-0.1, -0.05) is 55.4 Å². The van der Waals surface area contributed by atoms with Gasteiger partial charge in [0.1, 0.15) is 21.3 Å². The fourth-order valence-corrected chi connectivity index (χ4v) is 3.76. The molecule has 2 N–H and O–H groups in total. The minimum Gasteiger partial charge on any atom is -0.492 e. The van der Waals surface area contributed by atoms with E-state index in [9.17, 15) is 9.00 Å². The number of rotatable bonds is 8. The van der Waals surface area contributed by atoms with Crippen molar-refractivity contribution < 1.29 is 18.5 Å². The molecule has 12 heteroatoms. The van der Waals surface area contributed by atoms with Crippen molar-refractivity contribution in [3.8, 4) is 22.2 Å². The molecule has 0 fully saturated rings. The molecule has 0 bridgehead atoms. The molecule has 1 atom stereocenters. The highest BCUT2D eigenvalue weighted by Crippen LogP contribution is 2.32. The van der Waals surface area contributed by atoms with Crippen LogP contribution >= 0.6 is 22.7 Å². The highest BCUT2D eigenvalue weighted by atomic mass is 32.2. The van der Waals surface area contributed by atoms with E-state index in [1.165, 1.54) is 22.7 Å². The molecule has 3 aromatic rings. The Balaban J connectivity index is -0.000000208. The van der Waals surface area contributed by atoms with Gasteiger partial charge in [-0.25, -0.2) is 8.93 Å². The molecule has 0 aliphatic rings. The first kappa shape index (κ1) is 42.9. The monoisotopic (exact) mass is 593 g/mol. The van der Waals surface area contributed by atoms with Crippen LogP contribution in [0.25, 0.3) is 10.7 Å². The number of ether oxygens (including phenoxy) is 2. The van der Waals surface area contributed by atoms with Crippen molar-refractivity contribution in [2.45, 2.75) is 88.3 Å². The Labute approximate surface area is 241 Å². The van der Waals surface area contributed by atoms with Gasteiger partial charge in [0, 0.05) is 5.25 Å². The van der Waals surface area contributed by atoms with E-state index in [1.54, 1.807) is 13.1 Å². The van der Waals surface area contributed by atoms with Gasteiger partial charge in [-0.15, -0.1) is 32.9 Å². The van der Waals surface area contributed by atoms with E-state index in [-0.39, 0.29) is 5.25 Å². The SMILES string of the molecule is CC.CC.CC.CC.CCOc1ccsc1-c1nn[nH]n1.CCOc1ccsc1C=O.CNS(=O)C(C)C. The zero-order valence-corrected chi connectivity index (χ0v) is 28.0. The predicted octanol–water partition coefficient (Wildman–Crippen LogP) is 7.67. The first-order valence-corrected chi connectivity index (χ1v) is 16.1. The first-order valence-electron chi connectivity index (χ1n) is 13.2. The topological polar surface area (TPSA) is 119 Å². The molecule has 222 valence electrons. The maximum Gasteiger partial charge on any atom is 0.218 e. The molecule has 0 spiro atoms. The van der Waals surface area contributed by atoms with E-state index in [0.717, 1.165) is 16.9 Å². The van der Waals surface area contributed by atoms with Crippen LogP contribution < -0.4 is 14.2 Å². The Morgan fingerprint density at radius 1 is 0.947 bits per heavy atom. The lowest BCUT2D eigenvalue weighted by Crippen LogP contribution is -2.19. The molecular formula is C26H51N5O4S3. The van der Waals surface area contributed by atoms with E-state index < -0.39 is 11.0 Å². The van der Waals surface area contributed by atoms with E-state index in [1.807, 2.05) is 99.9 Å². The molecule has 3 rings (SSSR count). The standard InChI is InChI=1S/C7H8N4OS.C7H8O2S.C4H11NOS.4C2H6/c1-2-12-5-3-4-13-6(5)7-8-10-11-9-7;1-2-9-6-3-4-10-7(6)5-8;1-4(2)7(6)5-3;4*1-2/h3-4H,2H2,1H3,(H,8,9,10,11);3-5H,2H2,1H3;4-5H,1-3H3;4*1-2H3. The highest BCUT2D eigenvalue weighted by Gasteiger charge is 2.11. The number of aldehydes is 1. The van der Waals surface area contributed by atoms with Crippen molar-refractivity contribution in [1.29, 1.82) is 0 Å². The summed E-state index contributed by atoms with van der Waals surface area (Å²) in [4.78, 5) is 11.9. The van der Waals surface area contributed by atoms with Gasteiger partial charge in [0.15, 0.2) is 6.29 Å². The molecular weight excluding hydrogens is 543 g/mol. The molecule has 9 nitrogen and oxygen atoms in total. The predicted molar refractivity (Wildman–Crippen MR) is 167 cm³/mol. The average molecular weight is 594 g/mol. The third-order valence-corrected chi connectivity index (χ3v) is 6.14. The number of carbonyl (C=O) groups excluding carboxylic acids is 1. The summed E-state index contributed by atoms with van der Waals surface area (Å²) in [7, 11) is 0.862. The number of hydrogen-bond acceptors (Lipinski definition) is 9. The zero-order valence-electron chi connectivity index (χ0n) is 25.6. The number of hydrogen-bond donors (Lipinski definition) is 2. The second kappa shape index (κ2) is 32.9. The first-order chi connectivity index (χ1) is 18.5. The van der Waals surface area contributed by atoms with Gasteiger partial charge < -0.3 is 9.47 Å². The average Bonchev–Trinajstić information content (AvgIpc) is 3.76. The van der Waals surface area contributed by atoms with Crippen LogP contribution in [-0.2, 0) is 11.0 Å². The number of nitrogens with zero attached hydrogens (tertiary/aromatic N) is 3. The maximum absolute atomic E-state index is 10.5. The minimum absolute atomic E-state index is 0.227. The molecule has 0 radical (unpaired) electrons. The van der Waals surface area contributed by atoms with Crippen LogP contribution in [-0.4, -0.2) is 56.6 Å². The van der Waals surface area contributed by atoms with Gasteiger partial charge in [-0.2, -0.15) is 5.21 Å². The van der Waals surface area contributed by atoms with E-state index in [2.05, 4.69) is 25.3 Å². The summed E-state index contributed by atoms with van der Waals surface area (Å²) in [5, 5.41) is 17.7. The number of aromatic amines is 1. The third kappa shape index (κ3) is 19.9. The van der Waals surface area contributed by atoms with E-state index in [0.29, 0.717) is 29.7 Å². The fraction of sp³-hybridized carbons (Fsp3) is 0.615. The molecule has 0 aliphatic carbocycles. The lowest BCUT2D eigenvalue weighted by atomic mass is 10.4. The maximum atomic E-state index is 10.5. The second-order valence-electron chi connectivity index (χ2n) is 5.53. The summed E-state index contributed by atoms with van der Waals surface area (Å²) in [5.74, 6) is 2.09. The summed E-state index contributed by atoms with van der Waals surface area (Å²) in [6.45, 7) is 24.9. The largest absolute Gasteiger partial charge is 0.492 e. The van der Waals surface area contributed by atoms with Crippen LogP contribution in [0, 0.1) is 0 Å². The summed E-state index contributed by atoms with van der Waals surface area (Å²) in [5.41, 5.74) is 0. The number of carbonyl (C=O) groups is 1. The molecule has 38 heavy (non-hydrogen) atoms. The van der Waals surface area contributed by atoms with Crippen LogP contribution in [0.1, 0.15) is 92.8 Å². The number of tetrazole rings is 1. The Bertz CT molecular complexity index is 870. The molecule has 0 aromatic carbocycles. The van der Waals surface area contributed by atoms with Gasteiger partial charge in [-0.05, 0) is 62.8 Å². The second-order valence-corrected chi connectivity index (χ2v) is 9.34. The number of thiophene rings is 2. The van der Waals surface area contributed by atoms with Crippen LogP contribution in [0.4, 0.5) is 0 Å². The van der Waals surface area contributed by atoms with Crippen LogP contribution in [0.5, 0.6) is 11.5 Å². The molecule has 3 aromatic heterocycles. The Kier molecular flexibility index (Phi) is 37.1. The van der Waals surface area contributed by atoms with Crippen LogP contribution in [0.15, 0.2) is 22.9 Å². The van der Waals surface area contributed by atoms with Crippen molar-refractivity contribution >= 4 is 39.9 Å². The Hall–Kier alpha value is -2.15. The lowest BCUT2D eigenvalue weighted by molar-refractivity contribution is 0.112. The molecule has 0 aliphatic heterocycles. The molecule has 1 unspecified atom stereocenters. The van der Waals surface area contributed by atoms with Gasteiger partial charge in [0.2, 0.25) is 5.82 Å². The smallest absolute Gasteiger partial charge is 0.218 e. The number of H-pyrrole nitrogens is 1. The van der Waals surface area contributed by atoms with Gasteiger partial charge in [0.25, 0.3) is 0 Å². The Morgan fingerprint density at radius 2 is 1.45 bits per heavy atom. The van der Waals surface area contributed by atoms with Gasteiger partial charge >= 0.3 is 0 Å².